The summed E-state index contributed by atoms with van der Waals surface area (Å²) >= 11 is 0. The molecule has 1 N–H and O–H groups in total. The lowest BCUT2D eigenvalue weighted by molar-refractivity contribution is 0.151. The fourth-order valence-electron chi connectivity index (χ4n) is 1.68. The Morgan fingerprint density at radius 1 is 1.43 bits per heavy atom. The third kappa shape index (κ3) is 4.46. The molecule has 0 aromatic carbocycles. The van der Waals surface area contributed by atoms with Crippen LogP contribution < -0.4 is 5.32 Å². The lowest BCUT2D eigenvalue weighted by Crippen LogP contribution is -2.29. The third-order valence-corrected chi connectivity index (χ3v) is 2.39. The molecule has 1 heterocycles. The zero-order valence-corrected chi connectivity index (χ0v) is 8.92. The number of nitrogens with zero attached hydrogens (tertiary/aromatic N) is 1. The summed E-state index contributed by atoms with van der Waals surface area (Å²) in [5.74, 6) is 0. The van der Waals surface area contributed by atoms with Gasteiger partial charge in [-0.15, -0.1) is 0 Å². The Labute approximate surface area is 85.6 Å². The predicted octanol–water partition coefficient (Wildman–Crippen LogP) is 1.22. The van der Waals surface area contributed by atoms with E-state index in [0.717, 1.165) is 19.5 Å². The standard InChI is InChI=1S/C10H20N2O2/c1-2-14-10(13)11-6-5-9-12-7-3-4-8-12/h2-9H2,1H3,(H,11,13). The molecule has 82 valence electrons. The van der Waals surface area contributed by atoms with Gasteiger partial charge in [0.15, 0.2) is 0 Å². The fourth-order valence-corrected chi connectivity index (χ4v) is 1.68. The van der Waals surface area contributed by atoms with Crippen molar-refractivity contribution in [2.45, 2.75) is 26.2 Å². The van der Waals surface area contributed by atoms with Gasteiger partial charge in [0, 0.05) is 6.54 Å². The lowest BCUT2D eigenvalue weighted by Gasteiger charge is -2.14. The van der Waals surface area contributed by atoms with E-state index in [1.165, 1.54) is 25.9 Å². The van der Waals surface area contributed by atoms with E-state index in [0.29, 0.717) is 6.61 Å². The maximum Gasteiger partial charge on any atom is 0.407 e. The Hall–Kier alpha value is -0.770. The van der Waals surface area contributed by atoms with Crippen LogP contribution in [0.25, 0.3) is 0 Å². The van der Waals surface area contributed by atoms with Crippen molar-refractivity contribution < 1.29 is 9.53 Å². The summed E-state index contributed by atoms with van der Waals surface area (Å²) < 4.78 is 4.75. The normalized spacial score (nSPS) is 16.9. The second-order valence-electron chi connectivity index (χ2n) is 3.55. The molecule has 0 aliphatic carbocycles. The molecular weight excluding hydrogens is 180 g/mol. The summed E-state index contributed by atoms with van der Waals surface area (Å²) in [5.41, 5.74) is 0. The highest BCUT2D eigenvalue weighted by molar-refractivity contribution is 5.66. The van der Waals surface area contributed by atoms with E-state index in [9.17, 15) is 4.79 Å². The molecule has 1 aliphatic heterocycles. The molecule has 1 rings (SSSR count). The molecular formula is C10H20N2O2. The zero-order valence-electron chi connectivity index (χ0n) is 8.92. The van der Waals surface area contributed by atoms with Gasteiger partial charge in [-0.25, -0.2) is 4.79 Å². The van der Waals surface area contributed by atoms with E-state index >= 15 is 0 Å². The van der Waals surface area contributed by atoms with Crippen molar-refractivity contribution in [3.8, 4) is 0 Å². The Kier molecular flexibility index (Phi) is 5.37. The van der Waals surface area contributed by atoms with E-state index in [-0.39, 0.29) is 6.09 Å². The van der Waals surface area contributed by atoms with E-state index in [1.807, 2.05) is 6.92 Å². The number of amides is 1. The first-order valence-corrected chi connectivity index (χ1v) is 5.46. The second kappa shape index (κ2) is 6.65. The SMILES string of the molecule is CCOC(=O)NCCCN1CCCC1. The van der Waals surface area contributed by atoms with Crippen LogP contribution in [0.5, 0.6) is 0 Å². The Morgan fingerprint density at radius 3 is 2.79 bits per heavy atom. The number of ether oxygens (including phenoxy) is 1. The molecule has 4 nitrogen and oxygen atoms in total. The van der Waals surface area contributed by atoms with Gasteiger partial charge in [-0.1, -0.05) is 0 Å². The molecule has 0 aromatic heterocycles. The molecule has 0 spiro atoms. The summed E-state index contributed by atoms with van der Waals surface area (Å²) in [6.07, 6.45) is 3.36. The monoisotopic (exact) mass is 200 g/mol. The number of likely N-dealkylation sites (tertiary alicyclic amines) is 1. The maximum absolute atomic E-state index is 10.9. The van der Waals surface area contributed by atoms with Gasteiger partial charge in [-0.3, -0.25) is 0 Å². The van der Waals surface area contributed by atoms with Crippen LogP contribution in [0.1, 0.15) is 26.2 Å². The van der Waals surface area contributed by atoms with Crippen LogP contribution in [-0.4, -0.2) is 43.8 Å². The van der Waals surface area contributed by atoms with E-state index in [1.54, 1.807) is 0 Å². The summed E-state index contributed by atoms with van der Waals surface area (Å²) in [6.45, 7) is 6.50. The number of carbonyl (C=O) groups excluding carboxylic acids is 1. The fraction of sp³-hybridized carbons (Fsp3) is 0.900. The maximum atomic E-state index is 10.9. The minimum atomic E-state index is -0.297. The van der Waals surface area contributed by atoms with Crippen LogP contribution in [0.15, 0.2) is 0 Å². The first-order valence-electron chi connectivity index (χ1n) is 5.46. The van der Waals surface area contributed by atoms with Crippen molar-refractivity contribution in [3.05, 3.63) is 0 Å². The van der Waals surface area contributed by atoms with Gasteiger partial charge < -0.3 is 15.0 Å². The summed E-state index contributed by atoms with van der Waals surface area (Å²) in [7, 11) is 0. The Morgan fingerprint density at radius 2 is 2.14 bits per heavy atom. The predicted molar refractivity (Wildman–Crippen MR) is 55.3 cm³/mol. The second-order valence-corrected chi connectivity index (χ2v) is 3.55. The Bertz CT molecular complexity index is 168. The molecule has 14 heavy (non-hydrogen) atoms. The van der Waals surface area contributed by atoms with Gasteiger partial charge in [0.05, 0.1) is 6.61 Å². The average Bonchev–Trinajstić information content (AvgIpc) is 2.65. The summed E-state index contributed by atoms with van der Waals surface area (Å²) in [4.78, 5) is 13.3. The molecule has 0 unspecified atom stereocenters. The van der Waals surface area contributed by atoms with Crippen LogP contribution in [0.3, 0.4) is 0 Å². The minimum absolute atomic E-state index is 0.297. The van der Waals surface area contributed by atoms with E-state index in [2.05, 4.69) is 10.2 Å². The summed E-state index contributed by atoms with van der Waals surface area (Å²) in [6, 6.07) is 0. The molecule has 0 atom stereocenters. The van der Waals surface area contributed by atoms with Crippen LogP contribution in [0, 0.1) is 0 Å². The first kappa shape index (κ1) is 11.3. The highest BCUT2D eigenvalue weighted by Gasteiger charge is 2.10. The number of nitrogens with one attached hydrogen (secondary N) is 1. The minimum Gasteiger partial charge on any atom is -0.450 e. The van der Waals surface area contributed by atoms with Gasteiger partial charge in [0.1, 0.15) is 0 Å². The van der Waals surface area contributed by atoms with Gasteiger partial charge in [-0.2, -0.15) is 0 Å². The molecule has 0 radical (unpaired) electrons. The van der Waals surface area contributed by atoms with Crippen LogP contribution in [0.2, 0.25) is 0 Å². The largest absolute Gasteiger partial charge is 0.450 e. The quantitative estimate of drug-likeness (QED) is 0.678. The van der Waals surface area contributed by atoms with Crippen molar-refractivity contribution >= 4 is 6.09 Å². The van der Waals surface area contributed by atoms with Crippen molar-refractivity contribution in [3.63, 3.8) is 0 Å². The molecule has 1 amide bonds. The van der Waals surface area contributed by atoms with Gasteiger partial charge in [0.2, 0.25) is 0 Å². The molecule has 0 aromatic rings. The number of carbonyl (C=O) groups is 1. The van der Waals surface area contributed by atoms with Crippen molar-refractivity contribution in [1.82, 2.24) is 10.2 Å². The first-order chi connectivity index (χ1) is 6.83. The third-order valence-electron chi connectivity index (χ3n) is 2.39. The van der Waals surface area contributed by atoms with Crippen LogP contribution in [0.4, 0.5) is 4.79 Å². The number of hydrogen-bond acceptors (Lipinski definition) is 3. The van der Waals surface area contributed by atoms with Gasteiger partial charge in [0.25, 0.3) is 0 Å². The molecule has 0 bridgehead atoms. The molecule has 1 saturated heterocycles. The van der Waals surface area contributed by atoms with Crippen molar-refractivity contribution in [2.75, 3.05) is 32.8 Å². The van der Waals surface area contributed by atoms with Crippen LogP contribution >= 0.6 is 0 Å². The molecule has 1 fully saturated rings. The summed E-state index contributed by atoms with van der Waals surface area (Å²) in [5, 5.41) is 2.72. The number of rotatable bonds is 5. The average molecular weight is 200 g/mol. The molecule has 1 aliphatic rings. The van der Waals surface area contributed by atoms with E-state index < -0.39 is 0 Å². The molecule has 0 saturated carbocycles. The number of hydrogen-bond donors (Lipinski definition) is 1. The highest BCUT2D eigenvalue weighted by Crippen LogP contribution is 2.06. The lowest BCUT2D eigenvalue weighted by atomic mass is 10.4. The highest BCUT2D eigenvalue weighted by atomic mass is 16.5. The Balaban J connectivity index is 1.90. The zero-order chi connectivity index (χ0) is 10.2. The molecule has 4 heteroatoms. The van der Waals surface area contributed by atoms with Gasteiger partial charge >= 0.3 is 6.09 Å². The topological polar surface area (TPSA) is 41.6 Å². The van der Waals surface area contributed by atoms with Crippen molar-refractivity contribution in [1.29, 1.82) is 0 Å². The van der Waals surface area contributed by atoms with E-state index in [4.69, 9.17) is 4.74 Å². The number of alkyl carbamates (subject to hydrolysis) is 1. The van der Waals surface area contributed by atoms with Crippen molar-refractivity contribution in [2.24, 2.45) is 0 Å². The smallest absolute Gasteiger partial charge is 0.407 e. The van der Waals surface area contributed by atoms with Crippen LogP contribution in [-0.2, 0) is 4.74 Å². The van der Waals surface area contributed by atoms with Gasteiger partial charge in [-0.05, 0) is 45.8 Å².